The molecule has 1 heterocycles. The predicted octanol–water partition coefficient (Wildman–Crippen LogP) is 4.76. The molecular formula is C20H20BrNO3. The number of rotatable bonds is 5. The molecule has 0 aliphatic carbocycles. The van der Waals surface area contributed by atoms with Crippen molar-refractivity contribution in [2.24, 2.45) is 0 Å². The Labute approximate surface area is 156 Å². The van der Waals surface area contributed by atoms with E-state index in [2.05, 4.69) is 15.9 Å². The van der Waals surface area contributed by atoms with Crippen LogP contribution in [-0.4, -0.2) is 26.2 Å². The summed E-state index contributed by atoms with van der Waals surface area (Å²) in [7, 11) is 1.79. The fourth-order valence-corrected chi connectivity index (χ4v) is 3.50. The number of halogens is 1. The molecule has 25 heavy (non-hydrogen) atoms. The van der Waals surface area contributed by atoms with Gasteiger partial charge in [-0.15, -0.1) is 0 Å². The number of ether oxygens (including phenoxy) is 2. The minimum atomic E-state index is -0.0100. The van der Waals surface area contributed by atoms with E-state index in [1.54, 1.807) is 11.9 Å². The highest BCUT2D eigenvalue weighted by Gasteiger charge is 2.29. The van der Waals surface area contributed by atoms with Gasteiger partial charge in [-0.25, -0.2) is 0 Å². The maximum Gasteiger partial charge on any atom is 0.258 e. The molecule has 0 radical (unpaired) electrons. The minimum Gasteiger partial charge on any atom is -0.490 e. The van der Waals surface area contributed by atoms with Crippen LogP contribution in [-0.2, 0) is 4.79 Å². The zero-order valence-electron chi connectivity index (χ0n) is 14.5. The van der Waals surface area contributed by atoms with Crippen molar-refractivity contribution >= 4 is 39.2 Å². The predicted molar refractivity (Wildman–Crippen MR) is 104 cm³/mol. The molecule has 4 nitrogen and oxygen atoms in total. The smallest absolute Gasteiger partial charge is 0.258 e. The number of benzene rings is 2. The molecule has 0 atom stereocenters. The molecule has 2 aromatic rings. The topological polar surface area (TPSA) is 38.8 Å². The molecule has 5 heteroatoms. The van der Waals surface area contributed by atoms with E-state index in [4.69, 9.17) is 9.47 Å². The maximum atomic E-state index is 12.6. The largest absolute Gasteiger partial charge is 0.490 e. The monoisotopic (exact) mass is 401 g/mol. The third kappa shape index (κ3) is 3.29. The highest BCUT2D eigenvalue weighted by molar-refractivity contribution is 9.10. The van der Waals surface area contributed by atoms with E-state index < -0.39 is 0 Å². The number of nitrogens with zero attached hydrogens (tertiary/aromatic N) is 1. The Morgan fingerprint density at radius 1 is 1.12 bits per heavy atom. The number of carbonyl (C=O) groups is 1. The van der Waals surface area contributed by atoms with Crippen LogP contribution < -0.4 is 14.4 Å². The van der Waals surface area contributed by atoms with Crippen molar-refractivity contribution in [2.75, 3.05) is 25.2 Å². The van der Waals surface area contributed by atoms with Gasteiger partial charge in [-0.2, -0.15) is 0 Å². The first-order valence-corrected chi connectivity index (χ1v) is 9.04. The summed E-state index contributed by atoms with van der Waals surface area (Å²) < 4.78 is 12.2. The van der Waals surface area contributed by atoms with Crippen molar-refractivity contribution in [3.8, 4) is 11.5 Å². The summed E-state index contributed by atoms with van der Waals surface area (Å²) in [6.07, 6.45) is 1.90. The molecule has 1 amide bonds. The van der Waals surface area contributed by atoms with Gasteiger partial charge in [-0.3, -0.25) is 4.79 Å². The second-order valence-electron chi connectivity index (χ2n) is 5.64. The molecular weight excluding hydrogens is 382 g/mol. The molecule has 130 valence electrons. The fourth-order valence-electron chi connectivity index (χ4n) is 2.92. The SMILES string of the molecule is CCOc1cc(/C=C2/C(=O)N(C)c3ccccc32)cc(Br)c1OCC. The van der Waals surface area contributed by atoms with E-state index in [0.717, 1.165) is 21.3 Å². The van der Waals surface area contributed by atoms with Gasteiger partial charge in [-0.1, -0.05) is 18.2 Å². The van der Waals surface area contributed by atoms with Crippen LogP contribution in [0.1, 0.15) is 25.0 Å². The number of fused-ring (bicyclic) bond motifs is 1. The molecule has 0 bridgehead atoms. The summed E-state index contributed by atoms with van der Waals surface area (Å²) in [6.45, 7) is 4.95. The van der Waals surface area contributed by atoms with E-state index in [0.29, 0.717) is 30.3 Å². The second-order valence-corrected chi connectivity index (χ2v) is 6.49. The fraction of sp³-hybridized carbons (Fsp3) is 0.250. The lowest BCUT2D eigenvalue weighted by Crippen LogP contribution is -2.20. The zero-order valence-corrected chi connectivity index (χ0v) is 16.1. The highest BCUT2D eigenvalue weighted by atomic mass is 79.9. The van der Waals surface area contributed by atoms with Crippen molar-refractivity contribution in [3.63, 3.8) is 0 Å². The third-order valence-corrected chi connectivity index (χ3v) is 4.61. The Bertz CT molecular complexity index is 845. The van der Waals surface area contributed by atoms with Crippen LogP contribution in [0.25, 0.3) is 11.6 Å². The Kier molecular flexibility index (Phi) is 5.13. The first-order valence-electron chi connectivity index (χ1n) is 8.25. The van der Waals surface area contributed by atoms with E-state index in [1.807, 2.05) is 56.3 Å². The molecule has 0 N–H and O–H groups in total. The van der Waals surface area contributed by atoms with E-state index >= 15 is 0 Å². The van der Waals surface area contributed by atoms with Crippen molar-refractivity contribution in [1.82, 2.24) is 0 Å². The molecule has 0 aromatic heterocycles. The van der Waals surface area contributed by atoms with Crippen LogP contribution in [0.15, 0.2) is 40.9 Å². The van der Waals surface area contributed by atoms with Gasteiger partial charge in [0.05, 0.1) is 23.4 Å². The van der Waals surface area contributed by atoms with Crippen LogP contribution in [0.5, 0.6) is 11.5 Å². The normalized spacial score (nSPS) is 14.8. The molecule has 0 unspecified atom stereocenters. The lowest BCUT2D eigenvalue weighted by molar-refractivity contribution is -0.112. The molecule has 1 aliphatic rings. The van der Waals surface area contributed by atoms with Gasteiger partial charge in [0.15, 0.2) is 11.5 Å². The van der Waals surface area contributed by atoms with E-state index in [-0.39, 0.29) is 5.91 Å². The van der Waals surface area contributed by atoms with Crippen LogP contribution >= 0.6 is 15.9 Å². The van der Waals surface area contributed by atoms with E-state index in [1.165, 1.54) is 0 Å². The number of hydrogen-bond donors (Lipinski definition) is 0. The van der Waals surface area contributed by atoms with Gasteiger partial charge >= 0.3 is 0 Å². The molecule has 0 spiro atoms. The summed E-state index contributed by atoms with van der Waals surface area (Å²) >= 11 is 3.55. The van der Waals surface area contributed by atoms with Gasteiger partial charge in [0, 0.05) is 18.2 Å². The van der Waals surface area contributed by atoms with Gasteiger partial charge in [-0.05, 0) is 59.6 Å². The Hall–Kier alpha value is -2.27. The summed E-state index contributed by atoms with van der Waals surface area (Å²) in [5.41, 5.74) is 3.43. The lowest BCUT2D eigenvalue weighted by Gasteiger charge is -2.13. The van der Waals surface area contributed by atoms with Crippen LogP contribution in [0, 0.1) is 0 Å². The summed E-state index contributed by atoms with van der Waals surface area (Å²) in [6, 6.07) is 11.6. The summed E-state index contributed by atoms with van der Waals surface area (Å²) in [5, 5.41) is 0. The minimum absolute atomic E-state index is 0.0100. The van der Waals surface area contributed by atoms with Gasteiger partial charge < -0.3 is 14.4 Å². The summed E-state index contributed by atoms with van der Waals surface area (Å²) in [4.78, 5) is 14.3. The quantitative estimate of drug-likeness (QED) is 0.677. The molecule has 0 saturated carbocycles. The van der Waals surface area contributed by atoms with Gasteiger partial charge in [0.1, 0.15) is 0 Å². The number of hydrogen-bond acceptors (Lipinski definition) is 3. The number of likely N-dealkylation sites (N-methyl/N-ethyl adjacent to an activating group) is 1. The maximum absolute atomic E-state index is 12.6. The summed E-state index contributed by atoms with van der Waals surface area (Å²) in [5.74, 6) is 1.34. The highest BCUT2D eigenvalue weighted by Crippen LogP contribution is 2.40. The number of para-hydroxylation sites is 1. The first kappa shape index (κ1) is 17.5. The number of carbonyl (C=O) groups excluding carboxylic acids is 1. The van der Waals surface area contributed by atoms with Crippen LogP contribution in [0.3, 0.4) is 0 Å². The van der Waals surface area contributed by atoms with E-state index in [9.17, 15) is 4.79 Å². The molecule has 2 aromatic carbocycles. The molecule has 1 aliphatic heterocycles. The van der Waals surface area contributed by atoms with Crippen molar-refractivity contribution < 1.29 is 14.3 Å². The molecule has 3 rings (SSSR count). The standard InChI is InChI=1S/C20H20BrNO3/c1-4-24-18-12-13(11-16(21)19(18)25-5-2)10-15-14-8-6-7-9-17(14)22(3)20(15)23/h6-12H,4-5H2,1-3H3/b15-10+. The second kappa shape index (κ2) is 7.31. The van der Waals surface area contributed by atoms with Gasteiger partial charge in [0.2, 0.25) is 0 Å². The molecule has 0 fully saturated rings. The number of amides is 1. The lowest BCUT2D eigenvalue weighted by atomic mass is 10.0. The van der Waals surface area contributed by atoms with Crippen LogP contribution in [0.4, 0.5) is 5.69 Å². The number of anilines is 1. The average Bonchev–Trinajstić information content (AvgIpc) is 2.84. The first-order chi connectivity index (χ1) is 12.1. The third-order valence-electron chi connectivity index (χ3n) is 4.02. The van der Waals surface area contributed by atoms with Crippen LogP contribution in [0.2, 0.25) is 0 Å². The van der Waals surface area contributed by atoms with Crippen molar-refractivity contribution in [2.45, 2.75) is 13.8 Å². The average molecular weight is 402 g/mol. The Morgan fingerprint density at radius 3 is 2.56 bits per heavy atom. The van der Waals surface area contributed by atoms with Crippen molar-refractivity contribution in [1.29, 1.82) is 0 Å². The Balaban J connectivity index is 2.08. The van der Waals surface area contributed by atoms with Gasteiger partial charge in [0.25, 0.3) is 5.91 Å². The Morgan fingerprint density at radius 2 is 1.84 bits per heavy atom. The zero-order chi connectivity index (χ0) is 18.0. The van der Waals surface area contributed by atoms with Crippen molar-refractivity contribution in [3.05, 3.63) is 52.0 Å². The molecule has 0 saturated heterocycles.